The van der Waals surface area contributed by atoms with Gasteiger partial charge in [-0.2, -0.15) is 0 Å². The summed E-state index contributed by atoms with van der Waals surface area (Å²) >= 11 is 1.64. The molecule has 1 saturated heterocycles. The highest BCUT2D eigenvalue weighted by molar-refractivity contribution is 7.14. The molecule has 25 heavy (non-hydrogen) atoms. The summed E-state index contributed by atoms with van der Waals surface area (Å²) in [7, 11) is 1.63. The molecule has 1 atom stereocenters. The van der Waals surface area contributed by atoms with Gasteiger partial charge in [0.05, 0.1) is 11.5 Å². The maximum Gasteiger partial charge on any atom is 0.263 e. The van der Waals surface area contributed by atoms with Crippen LogP contribution < -0.4 is 5.32 Å². The Hall–Kier alpha value is -1.40. The molecule has 1 aliphatic heterocycles. The topological polar surface area (TPSA) is 58.6 Å². The standard InChI is InChI=1S/C19H28N2O3S/c1-24-11-8-20-18(22)14-6-7-16-15(12-14)13-17(25-16)19(23)21-9-4-2-3-5-10-21/h13-14H,2-12H2,1H3,(H,20,22). The minimum Gasteiger partial charge on any atom is -0.383 e. The van der Waals surface area contributed by atoms with Gasteiger partial charge in [-0.25, -0.2) is 0 Å². The van der Waals surface area contributed by atoms with Gasteiger partial charge in [-0.05, 0) is 43.7 Å². The first kappa shape index (κ1) is 18.4. The molecule has 0 aromatic carbocycles. The number of fused-ring (bicyclic) bond motifs is 1. The van der Waals surface area contributed by atoms with E-state index in [0.717, 1.165) is 50.1 Å². The second-order valence-corrected chi connectivity index (χ2v) is 8.13. The predicted octanol–water partition coefficient (Wildman–Crippen LogP) is 2.63. The number of nitrogens with one attached hydrogen (secondary N) is 1. The van der Waals surface area contributed by atoms with Gasteiger partial charge in [-0.15, -0.1) is 11.3 Å². The van der Waals surface area contributed by atoms with Crippen molar-refractivity contribution in [1.29, 1.82) is 0 Å². The lowest BCUT2D eigenvalue weighted by molar-refractivity contribution is -0.125. The molecule has 1 N–H and O–H groups in total. The molecule has 0 bridgehead atoms. The van der Waals surface area contributed by atoms with Crippen molar-refractivity contribution in [2.45, 2.75) is 44.9 Å². The Labute approximate surface area is 153 Å². The number of nitrogens with zero attached hydrogens (tertiary/aromatic N) is 1. The third-order valence-corrected chi connectivity index (χ3v) is 6.39. The van der Waals surface area contributed by atoms with Gasteiger partial charge in [0.25, 0.3) is 5.91 Å². The highest BCUT2D eigenvalue weighted by atomic mass is 32.1. The maximum atomic E-state index is 12.8. The molecular formula is C19H28N2O3S. The Morgan fingerprint density at radius 1 is 1.28 bits per heavy atom. The molecule has 1 aliphatic carbocycles. The summed E-state index contributed by atoms with van der Waals surface area (Å²) in [5.74, 6) is 0.303. The average Bonchev–Trinajstić information content (AvgIpc) is 2.86. The predicted molar refractivity (Wildman–Crippen MR) is 99.1 cm³/mol. The van der Waals surface area contributed by atoms with Gasteiger partial charge in [-0.3, -0.25) is 9.59 Å². The zero-order valence-corrected chi connectivity index (χ0v) is 15.8. The number of ether oxygens (including phenoxy) is 1. The Morgan fingerprint density at radius 3 is 2.76 bits per heavy atom. The Morgan fingerprint density at radius 2 is 2.04 bits per heavy atom. The van der Waals surface area contributed by atoms with Gasteiger partial charge < -0.3 is 15.0 Å². The van der Waals surface area contributed by atoms with Crippen LogP contribution in [0.25, 0.3) is 0 Å². The summed E-state index contributed by atoms with van der Waals surface area (Å²) < 4.78 is 4.98. The summed E-state index contributed by atoms with van der Waals surface area (Å²) in [5, 5.41) is 2.94. The van der Waals surface area contributed by atoms with E-state index in [9.17, 15) is 9.59 Å². The summed E-state index contributed by atoms with van der Waals surface area (Å²) in [6.45, 7) is 2.86. The monoisotopic (exact) mass is 364 g/mol. The van der Waals surface area contributed by atoms with E-state index in [-0.39, 0.29) is 17.7 Å². The van der Waals surface area contributed by atoms with Crippen LogP contribution in [0.15, 0.2) is 6.07 Å². The first-order valence-electron chi connectivity index (χ1n) is 9.36. The van der Waals surface area contributed by atoms with E-state index in [2.05, 4.69) is 5.32 Å². The number of hydrogen-bond acceptors (Lipinski definition) is 4. The number of likely N-dealkylation sites (tertiary alicyclic amines) is 1. The molecule has 0 spiro atoms. The molecule has 5 nitrogen and oxygen atoms in total. The number of carbonyl (C=O) groups is 2. The summed E-state index contributed by atoms with van der Waals surface area (Å²) in [4.78, 5) is 29.2. The lowest BCUT2D eigenvalue weighted by Crippen LogP contribution is -2.35. The summed E-state index contributed by atoms with van der Waals surface area (Å²) in [6.07, 6.45) is 7.19. The minimum absolute atomic E-state index is 0.0140. The van der Waals surface area contributed by atoms with Crippen LogP contribution >= 0.6 is 11.3 Å². The molecule has 1 unspecified atom stereocenters. The van der Waals surface area contributed by atoms with Crippen LogP contribution in [-0.2, 0) is 22.4 Å². The van der Waals surface area contributed by atoms with Crippen LogP contribution in [0.2, 0.25) is 0 Å². The van der Waals surface area contributed by atoms with E-state index in [0.29, 0.717) is 13.2 Å². The fourth-order valence-electron chi connectivity index (χ4n) is 3.70. The van der Waals surface area contributed by atoms with Crippen LogP contribution in [0.3, 0.4) is 0 Å². The van der Waals surface area contributed by atoms with Crippen molar-refractivity contribution in [1.82, 2.24) is 10.2 Å². The molecule has 6 heteroatoms. The molecule has 0 saturated carbocycles. The fourth-order valence-corrected chi connectivity index (χ4v) is 4.88. The number of thiophene rings is 1. The van der Waals surface area contributed by atoms with Crippen molar-refractivity contribution in [3.63, 3.8) is 0 Å². The van der Waals surface area contributed by atoms with E-state index in [4.69, 9.17) is 4.74 Å². The van der Waals surface area contributed by atoms with Gasteiger partial charge in [0.1, 0.15) is 0 Å². The average molecular weight is 365 g/mol. The van der Waals surface area contributed by atoms with Crippen molar-refractivity contribution < 1.29 is 14.3 Å². The van der Waals surface area contributed by atoms with Crippen LogP contribution in [0, 0.1) is 5.92 Å². The second-order valence-electron chi connectivity index (χ2n) is 6.99. The van der Waals surface area contributed by atoms with Gasteiger partial charge in [0.15, 0.2) is 0 Å². The zero-order chi connectivity index (χ0) is 17.6. The van der Waals surface area contributed by atoms with E-state index in [1.807, 2.05) is 11.0 Å². The number of amides is 2. The maximum absolute atomic E-state index is 12.8. The van der Waals surface area contributed by atoms with Crippen LogP contribution in [-0.4, -0.2) is 50.1 Å². The lowest BCUT2D eigenvalue weighted by atomic mass is 9.88. The van der Waals surface area contributed by atoms with E-state index >= 15 is 0 Å². The van der Waals surface area contributed by atoms with Gasteiger partial charge in [-0.1, -0.05) is 12.8 Å². The van der Waals surface area contributed by atoms with Gasteiger partial charge >= 0.3 is 0 Å². The molecule has 138 valence electrons. The van der Waals surface area contributed by atoms with E-state index in [1.54, 1.807) is 18.4 Å². The molecule has 1 aromatic rings. The number of hydrogen-bond donors (Lipinski definition) is 1. The SMILES string of the molecule is COCCNC(=O)C1CCc2sc(C(=O)N3CCCCCC3)cc2C1. The molecule has 2 amide bonds. The van der Waals surface area contributed by atoms with Crippen LogP contribution in [0.5, 0.6) is 0 Å². The number of methoxy groups -OCH3 is 1. The Balaban J connectivity index is 1.62. The second kappa shape index (κ2) is 8.81. The Kier molecular flexibility index (Phi) is 6.48. The zero-order valence-electron chi connectivity index (χ0n) is 15.0. The quantitative estimate of drug-likeness (QED) is 0.817. The van der Waals surface area contributed by atoms with Crippen LogP contribution in [0.1, 0.15) is 52.2 Å². The highest BCUT2D eigenvalue weighted by Gasteiger charge is 2.28. The molecular weight excluding hydrogens is 336 g/mol. The molecule has 3 rings (SSSR count). The van der Waals surface area contributed by atoms with E-state index < -0.39 is 0 Å². The minimum atomic E-state index is 0.0140. The summed E-state index contributed by atoms with van der Waals surface area (Å²) in [5.41, 5.74) is 1.20. The smallest absolute Gasteiger partial charge is 0.263 e. The fraction of sp³-hybridized carbons (Fsp3) is 0.684. The normalized spacial score (nSPS) is 20.7. The summed E-state index contributed by atoms with van der Waals surface area (Å²) in [6, 6.07) is 2.04. The molecule has 1 fully saturated rings. The first-order valence-corrected chi connectivity index (χ1v) is 10.2. The number of rotatable bonds is 5. The molecule has 2 aliphatic rings. The largest absolute Gasteiger partial charge is 0.383 e. The molecule has 1 aromatic heterocycles. The number of carbonyl (C=O) groups excluding carboxylic acids is 2. The van der Waals surface area contributed by atoms with Gasteiger partial charge in [0.2, 0.25) is 5.91 Å². The van der Waals surface area contributed by atoms with Crippen molar-refractivity contribution in [2.75, 3.05) is 33.4 Å². The molecule has 2 heterocycles. The van der Waals surface area contributed by atoms with Crippen molar-refractivity contribution in [3.8, 4) is 0 Å². The third kappa shape index (κ3) is 4.61. The van der Waals surface area contributed by atoms with Crippen molar-refractivity contribution in [2.24, 2.45) is 5.92 Å². The highest BCUT2D eigenvalue weighted by Crippen LogP contribution is 2.33. The van der Waals surface area contributed by atoms with Gasteiger partial charge in [0, 0.05) is 37.5 Å². The Bertz CT molecular complexity index is 606. The number of aryl methyl sites for hydroxylation is 1. The van der Waals surface area contributed by atoms with Crippen molar-refractivity contribution in [3.05, 3.63) is 21.4 Å². The molecule has 0 radical (unpaired) electrons. The third-order valence-electron chi connectivity index (χ3n) is 5.16. The van der Waals surface area contributed by atoms with Crippen LogP contribution in [0.4, 0.5) is 0 Å². The van der Waals surface area contributed by atoms with E-state index in [1.165, 1.54) is 23.3 Å². The first-order chi connectivity index (χ1) is 12.2. The van der Waals surface area contributed by atoms with Crippen molar-refractivity contribution >= 4 is 23.2 Å². The lowest BCUT2D eigenvalue weighted by Gasteiger charge is -2.21.